The van der Waals surface area contributed by atoms with E-state index in [0.29, 0.717) is 11.5 Å². The quantitative estimate of drug-likeness (QED) is 0.308. The standard InChI is InChI=1S/C29H29N7S/c1-20-9-8-14-23-25(20)33-29(37-23)34-27-24(30)28(32-19-31-27)36-17-15-35(16-18-36)26(21-10-4-2-5-11-21)22-12-6-3-7-13-22/h2-14,19,26H,15-18,30H2,1H3,(H,31,32,33,34). The lowest BCUT2D eigenvalue weighted by Crippen LogP contribution is -2.48. The Balaban J connectivity index is 1.20. The molecule has 186 valence electrons. The highest BCUT2D eigenvalue weighted by Gasteiger charge is 2.28. The summed E-state index contributed by atoms with van der Waals surface area (Å²) in [5.74, 6) is 1.36. The molecule has 6 rings (SSSR count). The van der Waals surface area contributed by atoms with E-state index in [1.165, 1.54) is 11.1 Å². The molecule has 3 N–H and O–H groups in total. The van der Waals surface area contributed by atoms with E-state index in [1.807, 2.05) is 0 Å². The van der Waals surface area contributed by atoms with Crippen LogP contribution in [-0.2, 0) is 0 Å². The van der Waals surface area contributed by atoms with Crippen LogP contribution in [-0.4, -0.2) is 46.0 Å². The molecular weight excluding hydrogens is 478 g/mol. The number of hydrogen-bond donors (Lipinski definition) is 2. The lowest BCUT2D eigenvalue weighted by Gasteiger charge is -2.40. The second-order valence-corrected chi connectivity index (χ2v) is 10.3. The van der Waals surface area contributed by atoms with E-state index in [9.17, 15) is 0 Å². The number of anilines is 4. The van der Waals surface area contributed by atoms with Crippen LogP contribution in [0.15, 0.2) is 85.2 Å². The fourth-order valence-electron chi connectivity index (χ4n) is 5.06. The molecule has 8 heteroatoms. The predicted molar refractivity (Wildman–Crippen MR) is 153 cm³/mol. The molecule has 5 aromatic rings. The van der Waals surface area contributed by atoms with Gasteiger partial charge in [-0.25, -0.2) is 15.0 Å². The van der Waals surface area contributed by atoms with Crippen molar-refractivity contribution in [1.29, 1.82) is 0 Å². The Kier molecular flexibility index (Phi) is 6.42. The van der Waals surface area contributed by atoms with E-state index in [2.05, 4.69) is 111 Å². The number of nitrogens with one attached hydrogen (secondary N) is 1. The van der Waals surface area contributed by atoms with Crippen molar-refractivity contribution in [2.45, 2.75) is 13.0 Å². The Hall–Kier alpha value is -4.01. The molecule has 0 atom stereocenters. The first kappa shape index (κ1) is 23.4. The number of para-hydroxylation sites is 1. The Labute approximate surface area is 220 Å². The minimum absolute atomic E-state index is 0.215. The smallest absolute Gasteiger partial charge is 0.189 e. The Morgan fingerprint density at radius 1 is 0.838 bits per heavy atom. The molecule has 1 saturated heterocycles. The van der Waals surface area contributed by atoms with Crippen LogP contribution in [0.5, 0.6) is 0 Å². The van der Waals surface area contributed by atoms with E-state index < -0.39 is 0 Å². The maximum absolute atomic E-state index is 6.60. The zero-order valence-corrected chi connectivity index (χ0v) is 21.5. The zero-order valence-electron chi connectivity index (χ0n) is 20.7. The molecular formula is C29H29N7S. The maximum Gasteiger partial charge on any atom is 0.189 e. The van der Waals surface area contributed by atoms with E-state index >= 15 is 0 Å². The van der Waals surface area contributed by atoms with Gasteiger partial charge in [-0.1, -0.05) is 84.1 Å². The Bertz CT molecular complexity index is 1460. The first-order chi connectivity index (χ1) is 18.2. The number of nitrogen functional groups attached to an aromatic ring is 1. The van der Waals surface area contributed by atoms with Gasteiger partial charge >= 0.3 is 0 Å². The molecule has 1 aliphatic rings. The third-order valence-electron chi connectivity index (χ3n) is 6.92. The summed E-state index contributed by atoms with van der Waals surface area (Å²) in [5.41, 5.74) is 11.9. The van der Waals surface area contributed by atoms with Crippen molar-refractivity contribution >= 4 is 44.0 Å². The van der Waals surface area contributed by atoms with Crippen molar-refractivity contribution in [2.75, 3.05) is 42.1 Å². The van der Waals surface area contributed by atoms with E-state index in [1.54, 1.807) is 17.7 Å². The van der Waals surface area contributed by atoms with E-state index in [4.69, 9.17) is 10.7 Å². The molecule has 0 amide bonds. The average molecular weight is 508 g/mol. The molecule has 7 nitrogen and oxygen atoms in total. The van der Waals surface area contributed by atoms with Gasteiger partial charge in [-0.15, -0.1) is 0 Å². The fraction of sp³-hybridized carbons (Fsp3) is 0.207. The van der Waals surface area contributed by atoms with Crippen molar-refractivity contribution in [3.63, 3.8) is 0 Å². The number of fused-ring (bicyclic) bond motifs is 1. The van der Waals surface area contributed by atoms with Gasteiger partial charge in [0, 0.05) is 26.2 Å². The van der Waals surface area contributed by atoms with Gasteiger partial charge in [0.1, 0.15) is 12.0 Å². The van der Waals surface area contributed by atoms with Crippen molar-refractivity contribution in [2.24, 2.45) is 0 Å². The van der Waals surface area contributed by atoms with Gasteiger partial charge in [0.2, 0.25) is 0 Å². The number of nitrogens with zero attached hydrogens (tertiary/aromatic N) is 5. The Morgan fingerprint density at radius 3 is 2.16 bits per heavy atom. The SMILES string of the molecule is Cc1cccc2sc(Nc3ncnc(N4CCN(C(c5ccccc5)c5ccccc5)CC4)c3N)nc12. The number of aryl methyl sites for hydroxylation is 1. The summed E-state index contributed by atoms with van der Waals surface area (Å²) in [6, 6.07) is 27.9. The lowest BCUT2D eigenvalue weighted by molar-refractivity contribution is 0.212. The first-order valence-electron chi connectivity index (χ1n) is 12.5. The van der Waals surface area contributed by atoms with Gasteiger partial charge < -0.3 is 16.0 Å². The number of benzene rings is 3. The summed E-state index contributed by atoms with van der Waals surface area (Å²) in [4.78, 5) is 18.5. The second kappa shape index (κ2) is 10.2. The lowest BCUT2D eigenvalue weighted by atomic mass is 9.96. The highest BCUT2D eigenvalue weighted by molar-refractivity contribution is 7.22. The molecule has 1 aliphatic heterocycles. The molecule has 37 heavy (non-hydrogen) atoms. The fourth-order valence-corrected chi connectivity index (χ4v) is 6.00. The number of hydrogen-bond acceptors (Lipinski definition) is 8. The third kappa shape index (κ3) is 4.73. The van der Waals surface area contributed by atoms with Gasteiger partial charge in [-0.2, -0.15) is 0 Å². The largest absolute Gasteiger partial charge is 0.393 e. The van der Waals surface area contributed by atoms with E-state index in [0.717, 1.165) is 52.9 Å². The van der Waals surface area contributed by atoms with Crippen molar-refractivity contribution in [3.05, 3.63) is 102 Å². The third-order valence-corrected chi connectivity index (χ3v) is 7.85. The number of nitrogens with two attached hydrogens (primary N) is 1. The van der Waals surface area contributed by atoms with Crippen LogP contribution in [0.1, 0.15) is 22.7 Å². The molecule has 0 saturated carbocycles. The normalized spacial score (nSPS) is 14.4. The minimum atomic E-state index is 0.215. The van der Waals surface area contributed by atoms with Crippen molar-refractivity contribution in [3.8, 4) is 0 Å². The van der Waals surface area contributed by atoms with Crippen molar-refractivity contribution < 1.29 is 0 Å². The monoisotopic (exact) mass is 507 g/mol. The van der Waals surface area contributed by atoms with Gasteiger partial charge in [-0.3, -0.25) is 4.90 Å². The average Bonchev–Trinajstić information content (AvgIpc) is 3.36. The predicted octanol–water partition coefficient (Wildman–Crippen LogP) is 5.63. The molecule has 3 aromatic carbocycles. The zero-order chi connectivity index (χ0) is 25.2. The van der Waals surface area contributed by atoms with Crippen LogP contribution in [0.2, 0.25) is 0 Å². The van der Waals surface area contributed by atoms with Crippen LogP contribution in [0.25, 0.3) is 10.2 Å². The van der Waals surface area contributed by atoms with Gasteiger partial charge in [-0.05, 0) is 29.7 Å². The van der Waals surface area contributed by atoms with Crippen LogP contribution in [0.4, 0.5) is 22.5 Å². The topological polar surface area (TPSA) is 83.2 Å². The number of piperazine rings is 1. The number of thiazole rings is 1. The summed E-state index contributed by atoms with van der Waals surface area (Å²) in [6.07, 6.45) is 1.58. The van der Waals surface area contributed by atoms with Crippen molar-refractivity contribution in [1.82, 2.24) is 19.9 Å². The molecule has 1 fully saturated rings. The number of aromatic nitrogens is 3. The summed E-state index contributed by atoms with van der Waals surface area (Å²) in [6.45, 7) is 5.53. The highest BCUT2D eigenvalue weighted by Crippen LogP contribution is 2.35. The van der Waals surface area contributed by atoms with Crippen LogP contribution in [0, 0.1) is 6.92 Å². The van der Waals surface area contributed by atoms with Crippen LogP contribution in [0.3, 0.4) is 0 Å². The molecule has 0 aliphatic carbocycles. The van der Waals surface area contributed by atoms with E-state index in [-0.39, 0.29) is 6.04 Å². The second-order valence-electron chi connectivity index (χ2n) is 9.27. The molecule has 2 aromatic heterocycles. The minimum Gasteiger partial charge on any atom is -0.393 e. The molecule has 0 radical (unpaired) electrons. The van der Waals surface area contributed by atoms with Crippen LogP contribution >= 0.6 is 11.3 Å². The van der Waals surface area contributed by atoms with Gasteiger partial charge in [0.05, 0.1) is 16.3 Å². The summed E-state index contributed by atoms with van der Waals surface area (Å²) in [5, 5.41) is 4.11. The summed E-state index contributed by atoms with van der Waals surface area (Å²) in [7, 11) is 0. The molecule has 3 heterocycles. The number of rotatable bonds is 6. The Morgan fingerprint density at radius 2 is 1.51 bits per heavy atom. The molecule has 0 bridgehead atoms. The maximum atomic E-state index is 6.60. The van der Waals surface area contributed by atoms with Gasteiger partial charge in [0.15, 0.2) is 16.8 Å². The highest BCUT2D eigenvalue weighted by atomic mass is 32.1. The summed E-state index contributed by atoms with van der Waals surface area (Å²) >= 11 is 1.60. The summed E-state index contributed by atoms with van der Waals surface area (Å²) < 4.78 is 1.14. The first-order valence-corrected chi connectivity index (χ1v) is 13.3. The van der Waals surface area contributed by atoms with Gasteiger partial charge in [0.25, 0.3) is 0 Å². The molecule has 0 spiro atoms. The molecule has 0 unspecified atom stereocenters. The van der Waals surface area contributed by atoms with Crippen LogP contribution < -0.4 is 16.0 Å².